The molecule has 0 spiro atoms. The van der Waals surface area contributed by atoms with Crippen LogP contribution >= 0.6 is 27.7 Å². The zero-order valence-corrected chi connectivity index (χ0v) is 12.8. The first-order valence-corrected chi connectivity index (χ1v) is 7.63. The Morgan fingerprint density at radius 1 is 1.20 bits per heavy atom. The van der Waals surface area contributed by atoms with E-state index in [-0.39, 0.29) is 0 Å². The van der Waals surface area contributed by atoms with Crippen LogP contribution in [0.15, 0.2) is 56.7 Å². The summed E-state index contributed by atoms with van der Waals surface area (Å²) in [5.41, 5.74) is 1.20. The maximum absolute atomic E-state index is 5.99. The molecule has 0 saturated heterocycles. The zero-order valence-electron chi connectivity index (χ0n) is 10.4. The quantitative estimate of drug-likeness (QED) is 0.577. The highest BCUT2D eigenvalue weighted by Gasteiger charge is 2.14. The van der Waals surface area contributed by atoms with E-state index in [4.69, 9.17) is 10.3 Å². The highest BCUT2D eigenvalue weighted by molar-refractivity contribution is 9.10. The van der Waals surface area contributed by atoms with Crippen LogP contribution in [0.1, 0.15) is 5.56 Å². The lowest BCUT2D eigenvalue weighted by atomic mass is 10.2. The Bertz CT molecular complexity index is 694. The van der Waals surface area contributed by atoms with Gasteiger partial charge in [0.25, 0.3) is 0 Å². The molecule has 0 aliphatic carbocycles. The lowest BCUT2D eigenvalue weighted by Gasteiger charge is -2.02. The molecule has 0 unspecified atom stereocenters. The molecule has 2 N–H and O–H groups in total. The highest BCUT2D eigenvalue weighted by atomic mass is 79.9. The molecule has 0 aliphatic heterocycles. The Labute approximate surface area is 128 Å². The van der Waals surface area contributed by atoms with Gasteiger partial charge in [0.2, 0.25) is 11.0 Å². The van der Waals surface area contributed by atoms with Gasteiger partial charge in [0.1, 0.15) is 0 Å². The summed E-state index contributed by atoms with van der Waals surface area (Å²) < 4.78 is 7.78. The van der Waals surface area contributed by atoms with E-state index in [0.29, 0.717) is 16.7 Å². The molecule has 2 aromatic heterocycles. The van der Waals surface area contributed by atoms with Crippen LogP contribution in [0.25, 0.3) is 11.6 Å². The van der Waals surface area contributed by atoms with Crippen molar-refractivity contribution in [2.45, 2.75) is 10.9 Å². The third kappa shape index (κ3) is 2.73. The fraction of sp³-hybridized carbons (Fsp3) is 0.0769. The minimum atomic E-state index is 0.522. The van der Waals surface area contributed by atoms with Crippen LogP contribution < -0.4 is 5.84 Å². The molecular weight excluding hydrogens is 340 g/mol. The molecule has 5 nitrogen and oxygen atoms in total. The van der Waals surface area contributed by atoms with Gasteiger partial charge in [0, 0.05) is 10.2 Å². The average Bonchev–Trinajstić information content (AvgIpc) is 3.08. The molecule has 20 heavy (non-hydrogen) atoms. The van der Waals surface area contributed by atoms with Crippen molar-refractivity contribution in [3.63, 3.8) is 0 Å². The fourth-order valence-electron chi connectivity index (χ4n) is 1.68. The average molecular weight is 351 g/mol. The summed E-state index contributed by atoms with van der Waals surface area (Å²) in [4.78, 5) is 0. The Balaban J connectivity index is 1.74. The molecule has 0 aliphatic rings. The first kappa shape index (κ1) is 13.3. The van der Waals surface area contributed by atoms with Crippen molar-refractivity contribution in [3.8, 4) is 11.6 Å². The molecule has 0 fully saturated rings. The minimum absolute atomic E-state index is 0.522. The Morgan fingerprint density at radius 2 is 2.00 bits per heavy atom. The van der Waals surface area contributed by atoms with Gasteiger partial charge >= 0.3 is 0 Å². The first-order chi connectivity index (χ1) is 9.74. The summed E-state index contributed by atoms with van der Waals surface area (Å²) >= 11 is 4.95. The van der Waals surface area contributed by atoms with Crippen LogP contribution in [0, 0.1) is 0 Å². The summed E-state index contributed by atoms with van der Waals surface area (Å²) in [6.45, 7) is 0. The lowest BCUT2D eigenvalue weighted by molar-refractivity contribution is 0.574. The van der Waals surface area contributed by atoms with Gasteiger partial charge in [-0.05, 0) is 29.8 Å². The fourth-order valence-corrected chi connectivity index (χ4v) is 2.75. The summed E-state index contributed by atoms with van der Waals surface area (Å²) in [6, 6.07) is 11.7. The van der Waals surface area contributed by atoms with Crippen molar-refractivity contribution in [2.24, 2.45) is 0 Å². The van der Waals surface area contributed by atoms with Crippen molar-refractivity contribution < 1.29 is 4.42 Å². The van der Waals surface area contributed by atoms with Gasteiger partial charge in [0.15, 0.2) is 5.76 Å². The summed E-state index contributed by atoms with van der Waals surface area (Å²) in [6.07, 6.45) is 1.58. The monoisotopic (exact) mass is 350 g/mol. The topological polar surface area (TPSA) is 69.9 Å². The summed E-state index contributed by atoms with van der Waals surface area (Å²) in [5, 5.41) is 8.79. The molecule has 0 bridgehead atoms. The first-order valence-electron chi connectivity index (χ1n) is 5.85. The smallest absolute Gasteiger partial charge is 0.218 e. The van der Waals surface area contributed by atoms with Crippen LogP contribution in [0.3, 0.4) is 0 Å². The van der Waals surface area contributed by atoms with Crippen LogP contribution in [-0.4, -0.2) is 14.9 Å². The number of halogens is 1. The van der Waals surface area contributed by atoms with E-state index in [1.165, 1.54) is 22.0 Å². The van der Waals surface area contributed by atoms with E-state index < -0.39 is 0 Å². The van der Waals surface area contributed by atoms with Crippen molar-refractivity contribution in [3.05, 3.63) is 52.7 Å². The molecular formula is C13H11BrN4OS. The molecule has 3 aromatic rings. The molecule has 102 valence electrons. The molecule has 0 saturated carbocycles. The lowest BCUT2D eigenvalue weighted by Crippen LogP contribution is -2.11. The summed E-state index contributed by atoms with van der Waals surface area (Å²) in [7, 11) is 0. The zero-order chi connectivity index (χ0) is 13.9. The third-order valence-electron chi connectivity index (χ3n) is 2.69. The van der Waals surface area contributed by atoms with E-state index in [2.05, 4.69) is 38.3 Å². The Kier molecular flexibility index (Phi) is 3.79. The predicted molar refractivity (Wildman–Crippen MR) is 81.6 cm³/mol. The van der Waals surface area contributed by atoms with E-state index >= 15 is 0 Å². The molecule has 7 heteroatoms. The largest absolute Gasteiger partial charge is 0.461 e. The van der Waals surface area contributed by atoms with Gasteiger partial charge in [0.05, 0.1) is 6.26 Å². The number of hydrogen-bond donors (Lipinski definition) is 1. The number of benzene rings is 1. The van der Waals surface area contributed by atoms with Crippen molar-refractivity contribution >= 4 is 27.7 Å². The van der Waals surface area contributed by atoms with E-state index in [1.54, 1.807) is 18.4 Å². The maximum Gasteiger partial charge on any atom is 0.218 e. The standard InChI is InChI=1S/C13H11BrN4OS/c14-10-5-3-9(4-6-10)8-20-13-17-16-12(18(13)15)11-2-1-7-19-11/h1-7H,8,15H2. The van der Waals surface area contributed by atoms with E-state index in [9.17, 15) is 0 Å². The minimum Gasteiger partial charge on any atom is -0.461 e. The SMILES string of the molecule is Nn1c(SCc2ccc(Br)cc2)nnc1-c1ccco1. The van der Waals surface area contributed by atoms with Gasteiger partial charge in [-0.1, -0.05) is 39.8 Å². The number of hydrogen-bond acceptors (Lipinski definition) is 5. The molecule has 0 atom stereocenters. The molecule has 3 rings (SSSR count). The van der Waals surface area contributed by atoms with E-state index in [1.807, 2.05) is 12.1 Å². The van der Waals surface area contributed by atoms with Crippen LogP contribution in [0.2, 0.25) is 0 Å². The van der Waals surface area contributed by atoms with Gasteiger partial charge in [-0.15, -0.1) is 10.2 Å². The van der Waals surface area contributed by atoms with Gasteiger partial charge in [-0.2, -0.15) is 0 Å². The van der Waals surface area contributed by atoms with Gasteiger partial charge in [-0.25, -0.2) is 4.68 Å². The normalized spacial score (nSPS) is 10.8. The van der Waals surface area contributed by atoms with Gasteiger partial charge in [-0.3, -0.25) is 0 Å². The second-order valence-electron chi connectivity index (χ2n) is 4.07. The van der Waals surface area contributed by atoms with Crippen molar-refractivity contribution in [1.82, 2.24) is 14.9 Å². The maximum atomic E-state index is 5.99. The van der Waals surface area contributed by atoms with Gasteiger partial charge < -0.3 is 10.3 Å². The van der Waals surface area contributed by atoms with Crippen molar-refractivity contribution in [1.29, 1.82) is 0 Å². The molecule has 0 amide bonds. The van der Waals surface area contributed by atoms with Crippen LogP contribution in [-0.2, 0) is 5.75 Å². The number of aromatic nitrogens is 3. The number of nitrogens with zero attached hydrogens (tertiary/aromatic N) is 3. The number of rotatable bonds is 4. The molecule has 0 radical (unpaired) electrons. The Morgan fingerprint density at radius 3 is 2.70 bits per heavy atom. The highest BCUT2D eigenvalue weighted by Crippen LogP contribution is 2.24. The summed E-state index contributed by atoms with van der Waals surface area (Å²) in [5.74, 6) is 7.89. The number of furan rings is 1. The van der Waals surface area contributed by atoms with E-state index in [0.717, 1.165) is 10.2 Å². The predicted octanol–water partition coefficient (Wildman–Crippen LogP) is 3.31. The Hall–Kier alpha value is -1.73. The third-order valence-corrected chi connectivity index (χ3v) is 4.23. The van der Waals surface area contributed by atoms with Crippen LogP contribution in [0.5, 0.6) is 0 Å². The second-order valence-corrected chi connectivity index (χ2v) is 5.93. The number of nitrogen functional groups attached to an aromatic ring is 1. The molecule has 2 heterocycles. The molecule has 1 aromatic carbocycles. The number of thioether (sulfide) groups is 1. The van der Waals surface area contributed by atoms with Crippen LogP contribution in [0.4, 0.5) is 0 Å². The van der Waals surface area contributed by atoms with Crippen molar-refractivity contribution in [2.75, 3.05) is 5.84 Å². The number of nitrogens with two attached hydrogens (primary N) is 1. The second kappa shape index (κ2) is 5.72.